The van der Waals surface area contributed by atoms with E-state index in [2.05, 4.69) is 0 Å². The second-order valence-electron chi connectivity index (χ2n) is 3.93. The summed E-state index contributed by atoms with van der Waals surface area (Å²) >= 11 is 0. The molecule has 96 valence electrons. The van der Waals surface area contributed by atoms with Gasteiger partial charge in [0.1, 0.15) is 6.61 Å². The molecule has 0 bridgehead atoms. The van der Waals surface area contributed by atoms with Gasteiger partial charge in [0.15, 0.2) is 11.6 Å². The Balaban J connectivity index is 2.98. The summed E-state index contributed by atoms with van der Waals surface area (Å²) in [4.78, 5) is 1.77. The average Bonchev–Trinajstić information content (AvgIpc) is 2.14. The van der Waals surface area contributed by atoms with E-state index in [-0.39, 0.29) is 11.4 Å². The highest BCUT2D eigenvalue weighted by Gasteiger charge is 2.14. The number of ether oxygens (including phenoxy) is 1. The van der Waals surface area contributed by atoms with E-state index in [1.165, 1.54) is 6.07 Å². The summed E-state index contributed by atoms with van der Waals surface area (Å²) < 4.78 is 42.4. The van der Waals surface area contributed by atoms with Crippen molar-refractivity contribution in [2.45, 2.75) is 13.0 Å². The van der Waals surface area contributed by atoms with Gasteiger partial charge < -0.3 is 15.4 Å². The fourth-order valence-electron chi connectivity index (χ4n) is 1.44. The molecule has 0 aromatic heterocycles. The first-order valence-electron chi connectivity index (χ1n) is 5.03. The quantitative estimate of drug-likeness (QED) is 0.811. The van der Waals surface area contributed by atoms with Crippen LogP contribution in [0.15, 0.2) is 12.1 Å². The lowest BCUT2D eigenvalue weighted by atomic mass is 10.1. The first kappa shape index (κ1) is 13.6. The van der Waals surface area contributed by atoms with Crippen molar-refractivity contribution in [1.29, 1.82) is 0 Å². The minimum Gasteiger partial charge on any atom is -0.484 e. The maximum absolute atomic E-state index is 13.5. The lowest BCUT2D eigenvalue weighted by molar-refractivity contribution is 0.0791. The normalized spacial score (nSPS) is 11.2. The van der Waals surface area contributed by atoms with Crippen molar-refractivity contribution in [2.75, 3.05) is 26.4 Å². The Morgan fingerprint density at radius 3 is 2.53 bits per heavy atom. The predicted molar refractivity (Wildman–Crippen MR) is 59.7 cm³/mol. The van der Waals surface area contributed by atoms with Crippen molar-refractivity contribution in [3.05, 3.63) is 23.5 Å². The van der Waals surface area contributed by atoms with E-state index in [1.54, 1.807) is 19.0 Å². The van der Waals surface area contributed by atoms with Gasteiger partial charge in [0, 0.05) is 23.9 Å². The zero-order chi connectivity index (χ0) is 13.0. The van der Waals surface area contributed by atoms with Crippen molar-refractivity contribution >= 4 is 5.69 Å². The first-order chi connectivity index (χ1) is 7.90. The predicted octanol–water partition coefficient (Wildman–Crippen LogP) is 2.11. The van der Waals surface area contributed by atoms with Crippen molar-refractivity contribution in [3.63, 3.8) is 0 Å². The van der Waals surface area contributed by atoms with Crippen LogP contribution in [0.25, 0.3) is 0 Å². The van der Waals surface area contributed by atoms with Crippen LogP contribution < -0.4 is 10.5 Å². The van der Waals surface area contributed by atoms with Crippen LogP contribution in [0.2, 0.25) is 0 Å². The molecule has 17 heavy (non-hydrogen) atoms. The summed E-state index contributed by atoms with van der Waals surface area (Å²) in [5, 5.41) is 0. The Bertz CT molecular complexity index is 383. The minimum absolute atomic E-state index is 0.159. The molecule has 1 aromatic carbocycles. The van der Waals surface area contributed by atoms with Gasteiger partial charge in [-0.25, -0.2) is 13.2 Å². The first-order valence-corrected chi connectivity index (χ1v) is 5.03. The fraction of sp³-hybridized carbons (Fsp3) is 0.455. The Hall–Kier alpha value is -1.43. The molecule has 0 unspecified atom stereocenters. The van der Waals surface area contributed by atoms with E-state index in [9.17, 15) is 13.2 Å². The molecule has 0 saturated heterocycles. The second kappa shape index (κ2) is 5.77. The van der Waals surface area contributed by atoms with Crippen molar-refractivity contribution in [3.8, 4) is 5.75 Å². The van der Waals surface area contributed by atoms with Gasteiger partial charge >= 0.3 is 0 Å². The van der Waals surface area contributed by atoms with Crippen molar-refractivity contribution < 1.29 is 17.9 Å². The third-order valence-corrected chi connectivity index (χ3v) is 1.98. The van der Waals surface area contributed by atoms with Crippen LogP contribution in [0.5, 0.6) is 5.75 Å². The van der Waals surface area contributed by atoms with E-state index in [4.69, 9.17) is 10.5 Å². The Morgan fingerprint density at radius 2 is 2.00 bits per heavy atom. The van der Waals surface area contributed by atoms with Crippen LogP contribution in [-0.4, -0.2) is 32.0 Å². The monoisotopic (exact) mass is 248 g/mol. The van der Waals surface area contributed by atoms with E-state index in [0.717, 1.165) is 6.07 Å². The van der Waals surface area contributed by atoms with Crippen molar-refractivity contribution in [2.24, 2.45) is 0 Å². The van der Waals surface area contributed by atoms with Crippen LogP contribution in [0.3, 0.4) is 0 Å². The molecule has 0 aliphatic heterocycles. The van der Waals surface area contributed by atoms with Gasteiger partial charge in [0.05, 0.1) is 0 Å². The zero-order valence-electron chi connectivity index (χ0n) is 9.71. The Morgan fingerprint density at radius 1 is 1.35 bits per heavy atom. The SMILES string of the molecule is CN(C)Cc1cc(N)cc(F)c1OCC(F)F. The fourth-order valence-corrected chi connectivity index (χ4v) is 1.44. The number of nitrogen functional groups attached to an aromatic ring is 1. The lowest BCUT2D eigenvalue weighted by Gasteiger charge is -2.16. The highest BCUT2D eigenvalue weighted by atomic mass is 19.3. The molecule has 3 nitrogen and oxygen atoms in total. The topological polar surface area (TPSA) is 38.5 Å². The van der Waals surface area contributed by atoms with Crippen molar-refractivity contribution in [1.82, 2.24) is 4.90 Å². The van der Waals surface area contributed by atoms with Crippen LogP contribution in [0.4, 0.5) is 18.9 Å². The maximum Gasteiger partial charge on any atom is 0.272 e. The smallest absolute Gasteiger partial charge is 0.272 e. The number of anilines is 1. The Labute approximate surface area is 98.0 Å². The zero-order valence-corrected chi connectivity index (χ0v) is 9.71. The number of halogens is 3. The van der Waals surface area contributed by atoms with Crippen LogP contribution in [0, 0.1) is 5.82 Å². The largest absolute Gasteiger partial charge is 0.484 e. The Kier molecular flexibility index (Phi) is 4.62. The number of alkyl halides is 2. The molecule has 0 radical (unpaired) electrons. The molecule has 0 amide bonds. The van der Waals surface area contributed by atoms with Crippen LogP contribution in [0.1, 0.15) is 5.56 Å². The van der Waals surface area contributed by atoms with Crippen LogP contribution in [-0.2, 0) is 6.54 Å². The molecule has 0 fully saturated rings. The second-order valence-corrected chi connectivity index (χ2v) is 3.93. The highest BCUT2D eigenvalue weighted by Crippen LogP contribution is 2.27. The van der Waals surface area contributed by atoms with E-state index in [0.29, 0.717) is 12.1 Å². The van der Waals surface area contributed by atoms with Crippen LogP contribution >= 0.6 is 0 Å². The molecule has 6 heteroatoms. The average molecular weight is 248 g/mol. The molecular weight excluding hydrogens is 233 g/mol. The highest BCUT2D eigenvalue weighted by molar-refractivity contribution is 5.49. The van der Waals surface area contributed by atoms with Gasteiger partial charge in [-0.3, -0.25) is 0 Å². The molecule has 0 aliphatic rings. The molecular formula is C11H15F3N2O. The standard InChI is InChI=1S/C11H15F3N2O/c1-16(2)5-7-3-8(15)4-9(12)11(7)17-6-10(13)14/h3-4,10H,5-6,15H2,1-2H3. The molecule has 0 saturated carbocycles. The minimum atomic E-state index is -2.64. The summed E-state index contributed by atoms with van der Waals surface area (Å²) in [6, 6.07) is 2.57. The van der Waals surface area contributed by atoms with E-state index >= 15 is 0 Å². The number of nitrogens with two attached hydrogens (primary N) is 1. The van der Waals surface area contributed by atoms with Gasteiger partial charge in [-0.15, -0.1) is 0 Å². The molecule has 1 aromatic rings. The molecule has 2 N–H and O–H groups in total. The summed E-state index contributed by atoms with van der Waals surface area (Å²) in [6.07, 6.45) is -2.64. The summed E-state index contributed by atoms with van der Waals surface area (Å²) in [7, 11) is 3.55. The number of hydrogen-bond donors (Lipinski definition) is 1. The molecule has 1 rings (SSSR count). The third kappa shape index (κ3) is 4.14. The number of rotatable bonds is 5. The summed E-state index contributed by atoms with van der Waals surface area (Å²) in [6.45, 7) is -0.470. The van der Waals surface area contributed by atoms with Gasteiger partial charge in [-0.05, 0) is 20.2 Å². The van der Waals surface area contributed by atoms with E-state index < -0.39 is 18.8 Å². The summed E-state index contributed by atoms with van der Waals surface area (Å²) in [5.41, 5.74) is 6.19. The summed E-state index contributed by atoms with van der Waals surface area (Å²) in [5.74, 6) is -0.879. The molecule has 0 heterocycles. The van der Waals surface area contributed by atoms with Gasteiger partial charge in [0.25, 0.3) is 6.43 Å². The van der Waals surface area contributed by atoms with Gasteiger partial charge in [0.2, 0.25) is 0 Å². The van der Waals surface area contributed by atoms with Gasteiger partial charge in [-0.1, -0.05) is 0 Å². The number of nitrogens with zero attached hydrogens (tertiary/aromatic N) is 1. The molecule has 0 atom stereocenters. The number of benzene rings is 1. The molecule has 0 aliphatic carbocycles. The van der Waals surface area contributed by atoms with E-state index in [1.807, 2.05) is 0 Å². The number of hydrogen-bond acceptors (Lipinski definition) is 3. The lowest BCUT2D eigenvalue weighted by Crippen LogP contribution is -2.15. The van der Waals surface area contributed by atoms with Gasteiger partial charge in [-0.2, -0.15) is 0 Å². The third-order valence-electron chi connectivity index (χ3n) is 1.98. The molecule has 0 spiro atoms. The maximum atomic E-state index is 13.5.